The first-order valence-electron chi connectivity index (χ1n) is 7.82. The number of ether oxygens (including phenoxy) is 1. The molecule has 116 valence electrons. The van der Waals surface area contributed by atoms with Crippen molar-refractivity contribution in [2.75, 3.05) is 26.7 Å². The largest absolute Gasteiger partial charge is 0.491 e. The minimum Gasteiger partial charge on any atom is -0.491 e. The van der Waals surface area contributed by atoms with E-state index in [0.29, 0.717) is 25.6 Å². The van der Waals surface area contributed by atoms with Gasteiger partial charge in [0.15, 0.2) is 0 Å². The molecule has 4 heteroatoms. The van der Waals surface area contributed by atoms with Crippen LogP contribution in [0, 0.1) is 6.92 Å². The third-order valence-corrected chi connectivity index (χ3v) is 4.07. The Hall–Kier alpha value is -1.55. The maximum Gasteiger partial charge on any atom is 0.222 e. The van der Waals surface area contributed by atoms with Gasteiger partial charge in [-0.15, -0.1) is 0 Å². The van der Waals surface area contributed by atoms with Crippen LogP contribution in [0.15, 0.2) is 24.3 Å². The van der Waals surface area contributed by atoms with Crippen LogP contribution in [-0.4, -0.2) is 43.6 Å². The van der Waals surface area contributed by atoms with Crippen LogP contribution in [0.3, 0.4) is 0 Å². The number of nitrogens with one attached hydrogen (secondary N) is 1. The first-order valence-corrected chi connectivity index (χ1v) is 7.82. The molecule has 1 fully saturated rings. The molecule has 1 aliphatic heterocycles. The van der Waals surface area contributed by atoms with E-state index in [9.17, 15) is 4.79 Å². The van der Waals surface area contributed by atoms with Gasteiger partial charge in [-0.3, -0.25) is 4.79 Å². The summed E-state index contributed by atoms with van der Waals surface area (Å²) >= 11 is 0. The lowest BCUT2D eigenvalue weighted by Gasteiger charge is -2.19. The zero-order valence-electron chi connectivity index (χ0n) is 13.1. The summed E-state index contributed by atoms with van der Waals surface area (Å²) in [7, 11) is 1.85. The number of para-hydroxylation sites is 1. The Kier molecular flexibility index (Phi) is 6.05. The molecule has 0 bridgehead atoms. The van der Waals surface area contributed by atoms with Crippen LogP contribution in [-0.2, 0) is 4.79 Å². The molecule has 0 saturated carbocycles. The number of rotatable bonds is 7. The van der Waals surface area contributed by atoms with Crippen molar-refractivity contribution >= 4 is 5.91 Å². The average molecular weight is 290 g/mol. The molecule has 1 amide bonds. The second-order valence-corrected chi connectivity index (χ2v) is 5.76. The van der Waals surface area contributed by atoms with E-state index in [1.165, 1.54) is 12.8 Å². The van der Waals surface area contributed by atoms with Gasteiger partial charge in [0.25, 0.3) is 0 Å². The fourth-order valence-electron chi connectivity index (χ4n) is 2.63. The molecule has 2 rings (SSSR count). The number of carbonyl (C=O) groups is 1. The highest BCUT2D eigenvalue weighted by atomic mass is 16.5. The van der Waals surface area contributed by atoms with Crippen molar-refractivity contribution in [2.24, 2.45) is 0 Å². The van der Waals surface area contributed by atoms with E-state index in [1.807, 2.05) is 38.2 Å². The molecule has 1 atom stereocenters. The first-order chi connectivity index (χ1) is 10.2. The smallest absolute Gasteiger partial charge is 0.222 e. The van der Waals surface area contributed by atoms with Crippen LogP contribution in [0.5, 0.6) is 5.75 Å². The van der Waals surface area contributed by atoms with Crippen molar-refractivity contribution in [3.63, 3.8) is 0 Å². The Bertz CT molecular complexity index is 456. The summed E-state index contributed by atoms with van der Waals surface area (Å²) in [5, 5.41) is 3.43. The SMILES string of the molecule is Cc1ccccc1OCCN(C)C(=O)CCC1CCCN1. The molecule has 0 spiro atoms. The maximum absolute atomic E-state index is 12.1. The molecular formula is C17H26N2O2. The van der Waals surface area contributed by atoms with E-state index in [-0.39, 0.29) is 5.91 Å². The van der Waals surface area contributed by atoms with Gasteiger partial charge in [-0.2, -0.15) is 0 Å². The van der Waals surface area contributed by atoms with Gasteiger partial charge in [0.05, 0.1) is 6.54 Å². The van der Waals surface area contributed by atoms with E-state index in [1.54, 1.807) is 4.90 Å². The number of aryl methyl sites for hydroxylation is 1. The zero-order chi connectivity index (χ0) is 15.1. The molecule has 1 heterocycles. The molecule has 1 aromatic carbocycles. The average Bonchev–Trinajstić information content (AvgIpc) is 3.00. The van der Waals surface area contributed by atoms with Gasteiger partial charge in [-0.1, -0.05) is 18.2 Å². The Morgan fingerprint density at radius 1 is 1.43 bits per heavy atom. The lowest BCUT2D eigenvalue weighted by molar-refractivity contribution is -0.130. The lowest BCUT2D eigenvalue weighted by Crippen LogP contribution is -2.32. The van der Waals surface area contributed by atoms with Crippen LogP contribution in [0.2, 0.25) is 0 Å². The third kappa shape index (κ3) is 5.05. The van der Waals surface area contributed by atoms with Crippen molar-refractivity contribution in [1.29, 1.82) is 0 Å². The monoisotopic (exact) mass is 290 g/mol. The van der Waals surface area contributed by atoms with Gasteiger partial charge in [0, 0.05) is 19.5 Å². The van der Waals surface area contributed by atoms with Gasteiger partial charge in [0.2, 0.25) is 5.91 Å². The standard InChI is InChI=1S/C17H26N2O2/c1-14-6-3-4-8-16(14)21-13-12-19(2)17(20)10-9-15-7-5-11-18-15/h3-4,6,8,15,18H,5,7,9-13H2,1-2H3. The molecule has 0 aliphatic carbocycles. The Morgan fingerprint density at radius 3 is 2.95 bits per heavy atom. The summed E-state index contributed by atoms with van der Waals surface area (Å²) < 4.78 is 5.73. The van der Waals surface area contributed by atoms with Crippen LogP contribution < -0.4 is 10.1 Å². The van der Waals surface area contributed by atoms with E-state index < -0.39 is 0 Å². The van der Waals surface area contributed by atoms with E-state index in [0.717, 1.165) is 24.3 Å². The van der Waals surface area contributed by atoms with Crippen molar-refractivity contribution in [3.05, 3.63) is 29.8 Å². The second kappa shape index (κ2) is 8.03. The predicted molar refractivity (Wildman–Crippen MR) is 84.6 cm³/mol. The maximum atomic E-state index is 12.1. The van der Waals surface area contributed by atoms with Gasteiger partial charge >= 0.3 is 0 Å². The van der Waals surface area contributed by atoms with Crippen molar-refractivity contribution in [1.82, 2.24) is 10.2 Å². The van der Waals surface area contributed by atoms with Crippen LogP contribution in [0.4, 0.5) is 0 Å². The number of amides is 1. The number of likely N-dealkylation sites (N-methyl/N-ethyl adjacent to an activating group) is 1. The number of benzene rings is 1. The lowest BCUT2D eigenvalue weighted by atomic mass is 10.1. The summed E-state index contributed by atoms with van der Waals surface area (Å²) in [4.78, 5) is 13.8. The van der Waals surface area contributed by atoms with E-state index >= 15 is 0 Å². The van der Waals surface area contributed by atoms with Gasteiger partial charge in [-0.05, 0) is 44.4 Å². The highest BCUT2D eigenvalue weighted by Crippen LogP contribution is 2.16. The fourth-order valence-corrected chi connectivity index (χ4v) is 2.63. The van der Waals surface area contributed by atoms with Crippen LogP contribution >= 0.6 is 0 Å². The van der Waals surface area contributed by atoms with Gasteiger partial charge < -0.3 is 15.0 Å². The third-order valence-electron chi connectivity index (χ3n) is 4.07. The molecule has 4 nitrogen and oxygen atoms in total. The number of hydrogen-bond donors (Lipinski definition) is 1. The van der Waals surface area contributed by atoms with Crippen molar-refractivity contribution < 1.29 is 9.53 Å². The summed E-state index contributed by atoms with van der Waals surface area (Å²) in [5.41, 5.74) is 1.12. The van der Waals surface area contributed by atoms with E-state index in [2.05, 4.69) is 5.32 Å². The zero-order valence-corrected chi connectivity index (χ0v) is 13.1. The first kappa shape index (κ1) is 15.8. The molecule has 1 N–H and O–H groups in total. The summed E-state index contributed by atoms with van der Waals surface area (Å²) in [6, 6.07) is 8.48. The number of hydrogen-bond acceptors (Lipinski definition) is 3. The highest BCUT2D eigenvalue weighted by molar-refractivity contribution is 5.75. The van der Waals surface area contributed by atoms with Crippen LogP contribution in [0.1, 0.15) is 31.2 Å². The second-order valence-electron chi connectivity index (χ2n) is 5.76. The quantitative estimate of drug-likeness (QED) is 0.838. The molecule has 1 aliphatic rings. The summed E-state index contributed by atoms with van der Waals surface area (Å²) in [5.74, 6) is 1.10. The Morgan fingerprint density at radius 2 is 2.24 bits per heavy atom. The Labute approximate surface area is 127 Å². The molecule has 0 radical (unpaired) electrons. The number of nitrogens with zero attached hydrogens (tertiary/aromatic N) is 1. The molecule has 1 saturated heterocycles. The highest BCUT2D eigenvalue weighted by Gasteiger charge is 2.16. The predicted octanol–water partition coefficient (Wildman–Crippen LogP) is 2.36. The fraction of sp³-hybridized carbons (Fsp3) is 0.588. The summed E-state index contributed by atoms with van der Waals surface area (Å²) in [6.45, 7) is 4.29. The molecule has 0 aromatic heterocycles. The summed E-state index contributed by atoms with van der Waals surface area (Å²) in [6.07, 6.45) is 4.01. The molecule has 21 heavy (non-hydrogen) atoms. The molecule has 1 unspecified atom stereocenters. The topological polar surface area (TPSA) is 41.6 Å². The van der Waals surface area contributed by atoms with Gasteiger partial charge in [0.1, 0.15) is 12.4 Å². The molecule has 1 aromatic rings. The minimum atomic E-state index is 0.206. The van der Waals surface area contributed by atoms with E-state index in [4.69, 9.17) is 4.74 Å². The number of carbonyl (C=O) groups excluding carboxylic acids is 1. The van der Waals surface area contributed by atoms with Crippen molar-refractivity contribution in [3.8, 4) is 5.75 Å². The van der Waals surface area contributed by atoms with Crippen LogP contribution in [0.25, 0.3) is 0 Å². The molecular weight excluding hydrogens is 264 g/mol. The Balaban J connectivity index is 1.65. The normalized spacial score (nSPS) is 17.7. The van der Waals surface area contributed by atoms with Gasteiger partial charge in [-0.25, -0.2) is 0 Å². The minimum absolute atomic E-state index is 0.206. The van der Waals surface area contributed by atoms with Crippen molar-refractivity contribution in [2.45, 2.75) is 38.6 Å².